The van der Waals surface area contributed by atoms with Crippen LogP contribution in [0, 0.1) is 6.92 Å². The van der Waals surface area contributed by atoms with Crippen molar-refractivity contribution in [2.24, 2.45) is 0 Å². The number of hydrogen-bond acceptors (Lipinski definition) is 2. The maximum atomic E-state index is 11.7. The van der Waals surface area contributed by atoms with Gasteiger partial charge in [0.15, 0.2) is 0 Å². The lowest BCUT2D eigenvalue weighted by Gasteiger charge is -2.25. The van der Waals surface area contributed by atoms with Gasteiger partial charge in [-0.15, -0.1) is 0 Å². The van der Waals surface area contributed by atoms with Crippen molar-refractivity contribution < 1.29 is 9.53 Å². The van der Waals surface area contributed by atoms with Crippen molar-refractivity contribution >= 4 is 5.97 Å². The first-order valence-electron chi connectivity index (χ1n) is 5.40. The first-order valence-corrected chi connectivity index (χ1v) is 5.40. The number of hydrogen-bond donors (Lipinski definition) is 0. The Bertz CT molecular complexity index is 382. The third-order valence-electron chi connectivity index (χ3n) is 3.19. The molecule has 0 heterocycles. The van der Waals surface area contributed by atoms with Gasteiger partial charge in [0, 0.05) is 0 Å². The highest BCUT2D eigenvalue weighted by Crippen LogP contribution is 2.34. The molecule has 1 aromatic carbocycles. The Labute approximate surface area is 90.3 Å². The van der Waals surface area contributed by atoms with Crippen LogP contribution in [0.4, 0.5) is 0 Å². The quantitative estimate of drug-likeness (QED) is 0.657. The Balaban J connectivity index is 2.45. The number of carbonyl (C=O) groups is 1. The minimum absolute atomic E-state index is 0.0417. The van der Waals surface area contributed by atoms with E-state index in [9.17, 15) is 4.79 Å². The van der Waals surface area contributed by atoms with Crippen LogP contribution in [0.5, 0.6) is 0 Å². The highest BCUT2D eigenvalue weighted by molar-refractivity contribution is 5.79. The molecule has 1 aliphatic rings. The lowest BCUT2D eigenvalue weighted by Crippen LogP contribution is -2.20. The molecule has 0 fully saturated rings. The molecule has 0 aromatic heterocycles. The average molecular weight is 204 g/mol. The fourth-order valence-corrected chi connectivity index (χ4v) is 2.48. The van der Waals surface area contributed by atoms with E-state index in [4.69, 9.17) is 4.74 Å². The average Bonchev–Trinajstić information content (AvgIpc) is 2.28. The van der Waals surface area contributed by atoms with Gasteiger partial charge in [0.05, 0.1) is 13.0 Å². The van der Waals surface area contributed by atoms with Gasteiger partial charge in [0.1, 0.15) is 0 Å². The molecular weight excluding hydrogens is 188 g/mol. The molecule has 0 spiro atoms. The second-order valence-electron chi connectivity index (χ2n) is 4.12. The van der Waals surface area contributed by atoms with Gasteiger partial charge >= 0.3 is 5.97 Å². The number of aryl methyl sites for hydroxylation is 2. The summed E-state index contributed by atoms with van der Waals surface area (Å²) < 4.78 is 4.86. The monoisotopic (exact) mass is 204 g/mol. The third-order valence-corrected chi connectivity index (χ3v) is 3.19. The van der Waals surface area contributed by atoms with E-state index >= 15 is 0 Å². The van der Waals surface area contributed by atoms with E-state index in [-0.39, 0.29) is 11.9 Å². The van der Waals surface area contributed by atoms with Crippen molar-refractivity contribution in [1.82, 2.24) is 0 Å². The zero-order valence-electron chi connectivity index (χ0n) is 9.25. The number of rotatable bonds is 1. The van der Waals surface area contributed by atoms with Crippen molar-refractivity contribution in [2.75, 3.05) is 7.11 Å². The standard InChI is InChI=1S/C13H16O2/c1-9-5-3-6-10-7-4-8-11(12(9)10)13(14)15-2/h3,5-6,11H,4,7-8H2,1-2H3. The zero-order chi connectivity index (χ0) is 10.8. The number of esters is 1. The molecule has 15 heavy (non-hydrogen) atoms. The van der Waals surface area contributed by atoms with Crippen LogP contribution in [-0.4, -0.2) is 13.1 Å². The molecule has 0 saturated carbocycles. The van der Waals surface area contributed by atoms with Crippen molar-refractivity contribution in [2.45, 2.75) is 32.1 Å². The molecule has 0 N–H and O–H groups in total. The van der Waals surface area contributed by atoms with Gasteiger partial charge in [-0.3, -0.25) is 4.79 Å². The maximum Gasteiger partial charge on any atom is 0.313 e. The van der Waals surface area contributed by atoms with Crippen LogP contribution >= 0.6 is 0 Å². The van der Waals surface area contributed by atoms with Gasteiger partial charge in [-0.05, 0) is 42.9 Å². The van der Waals surface area contributed by atoms with E-state index in [0.29, 0.717) is 0 Å². The van der Waals surface area contributed by atoms with E-state index in [1.54, 1.807) is 0 Å². The first kappa shape index (κ1) is 10.2. The summed E-state index contributed by atoms with van der Waals surface area (Å²) in [6.07, 6.45) is 3.09. The maximum absolute atomic E-state index is 11.7. The molecule has 1 aromatic rings. The Morgan fingerprint density at radius 1 is 1.47 bits per heavy atom. The van der Waals surface area contributed by atoms with Crippen LogP contribution < -0.4 is 0 Å². The molecule has 0 aliphatic heterocycles. The Hall–Kier alpha value is -1.31. The molecule has 1 atom stereocenters. The van der Waals surface area contributed by atoms with Crippen LogP contribution in [0.2, 0.25) is 0 Å². The fraction of sp³-hybridized carbons (Fsp3) is 0.462. The lowest BCUT2D eigenvalue weighted by atomic mass is 9.80. The Morgan fingerprint density at radius 3 is 3.00 bits per heavy atom. The van der Waals surface area contributed by atoms with Crippen LogP contribution in [0.25, 0.3) is 0 Å². The van der Waals surface area contributed by atoms with E-state index < -0.39 is 0 Å². The fourth-order valence-electron chi connectivity index (χ4n) is 2.48. The van der Waals surface area contributed by atoms with E-state index in [1.807, 2.05) is 0 Å². The summed E-state index contributed by atoms with van der Waals surface area (Å²) in [4.78, 5) is 11.7. The molecule has 2 heteroatoms. The topological polar surface area (TPSA) is 26.3 Å². The van der Waals surface area contributed by atoms with Gasteiger partial charge < -0.3 is 4.74 Å². The molecule has 2 nitrogen and oxygen atoms in total. The number of methoxy groups -OCH3 is 1. The molecule has 0 saturated heterocycles. The summed E-state index contributed by atoms with van der Waals surface area (Å²) in [6, 6.07) is 6.26. The predicted octanol–water partition coefficient (Wildman–Crippen LogP) is 2.59. The smallest absolute Gasteiger partial charge is 0.313 e. The molecule has 80 valence electrons. The minimum atomic E-state index is -0.0924. The van der Waals surface area contributed by atoms with Crippen molar-refractivity contribution in [3.8, 4) is 0 Å². The van der Waals surface area contributed by atoms with Crippen LogP contribution in [0.15, 0.2) is 18.2 Å². The summed E-state index contributed by atoms with van der Waals surface area (Å²) in [6.45, 7) is 2.07. The van der Waals surface area contributed by atoms with Crippen LogP contribution in [0.1, 0.15) is 35.4 Å². The predicted molar refractivity (Wildman–Crippen MR) is 58.9 cm³/mol. The number of benzene rings is 1. The Kier molecular flexibility index (Phi) is 2.76. The normalized spacial score (nSPS) is 19.5. The van der Waals surface area contributed by atoms with E-state index in [0.717, 1.165) is 19.3 Å². The van der Waals surface area contributed by atoms with Gasteiger partial charge in [-0.2, -0.15) is 0 Å². The van der Waals surface area contributed by atoms with E-state index in [1.165, 1.54) is 23.8 Å². The van der Waals surface area contributed by atoms with Crippen molar-refractivity contribution in [3.63, 3.8) is 0 Å². The summed E-state index contributed by atoms with van der Waals surface area (Å²) in [5.41, 5.74) is 3.73. The summed E-state index contributed by atoms with van der Waals surface area (Å²) in [5, 5.41) is 0. The first-order chi connectivity index (χ1) is 7.24. The molecule has 1 unspecified atom stereocenters. The molecule has 2 rings (SSSR count). The van der Waals surface area contributed by atoms with Crippen LogP contribution in [0.3, 0.4) is 0 Å². The number of ether oxygens (including phenoxy) is 1. The highest BCUT2D eigenvalue weighted by Gasteiger charge is 2.28. The molecular formula is C13H16O2. The summed E-state index contributed by atoms with van der Waals surface area (Å²) >= 11 is 0. The van der Waals surface area contributed by atoms with Gasteiger partial charge in [0.2, 0.25) is 0 Å². The largest absolute Gasteiger partial charge is 0.469 e. The van der Waals surface area contributed by atoms with Gasteiger partial charge in [0.25, 0.3) is 0 Å². The lowest BCUT2D eigenvalue weighted by molar-refractivity contribution is -0.142. The number of fused-ring (bicyclic) bond motifs is 1. The van der Waals surface area contributed by atoms with Gasteiger partial charge in [-0.1, -0.05) is 18.2 Å². The molecule has 0 radical (unpaired) electrons. The number of carbonyl (C=O) groups excluding carboxylic acids is 1. The zero-order valence-corrected chi connectivity index (χ0v) is 9.25. The third kappa shape index (κ3) is 1.76. The Morgan fingerprint density at radius 2 is 2.27 bits per heavy atom. The molecule has 0 amide bonds. The highest BCUT2D eigenvalue weighted by atomic mass is 16.5. The van der Waals surface area contributed by atoms with Crippen LogP contribution in [-0.2, 0) is 16.0 Å². The molecule has 0 bridgehead atoms. The SMILES string of the molecule is COC(=O)C1CCCc2cccc(C)c21. The summed E-state index contributed by atoms with van der Waals surface area (Å²) in [5.74, 6) is -0.134. The van der Waals surface area contributed by atoms with Crippen molar-refractivity contribution in [3.05, 3.63) is 34.9 Å². The van der Waals surface area contributed by atoms with E-state index in [2.05, 4.69) is 25.1 Å². The molecule has 1 aliphatic carbocycles. The second kappa shape index (κ2) is 4.05. The van der Waals surface area contributed by atoms with Gasteiger partial charge in [-0.25, -0.2) is 0 Å². The second-order valence-corrected chi connectivity index (χ2v) is 4.12. The van der Waals surface area contributed by atoms with Crippen molar-refractivity contribution in [1.29, 1.82) is 0 Å². The summed E-state index contributed by atoms with van der Waals surface area (Å²) in [7, 11) is 1.47. The minimum Gasteiger partial charge on any atom is -0.469 e.